The molecule has 0 radical (unpaired) electrons. The predicted molar refractivity (Wildman–Crippen MR) is 98.0 cm³/mol. The highest BCUT2D eigenvalue weighted by molar-refractivity contribution is 7.88. The van der Waals surface area contributed by atoms with Crippen molar-refractivity contribution in [2.45, 2.75) is 19.8 Å². The van der Waals surface area contributed by atoms with Gasteiger partial charge in [-0.3, -0.25) is 4.79 Å². The summed E-state index contributed by atoms with van der Waals surface area (Å²) < 4.78 is 30.5. The second-order valence-corrected chi connectivity index (χ2v) is 8.44. The van der Waals surface area contributed by atoms with Crippen LogP contribution in [-0.2, 0) is 21.2 Å². The molecule has 3 rings (SSSR count). The Bertz CT molecular complexity index is 877. The van der Waals surface area contributed by atoms with E-state index in [4.69, 9.17) is 4.42 Å². The summed E-state index contributed by atoms with van der Waals surface area (Å²) in [5, 5.41) is 0. The van der Waals surface area contributed by atoms with Crippen LogP contribution >= 0.6 is 0 Å². The van der Waals surface area contributed by atoms with Gasteiger partial charge in [-0.1, -0.05) is 18.2 Å². The maximum atomic E-state index is 12.7. The summed E-state index contributed by atoms with van der Waals surface area (Å²) in [7, 11) is -3.22. The minimum Gasteiger partial charge on any atom is -0.441 e. The first kappa shape index (κ1) is 18.6. The van der Waals surface area contributed by atoms with E-state index in [9.17, 15) is 13.2 Å². The number of amides is 1. The molecule has 0 saturated carbocycles. The number of benzene rings is 1. The molecule has 0 spiro atoms. The molecule has 1 aromatic carbocycles. The number of nitrogens with zero attached hydrogens (tertiary/aromatic N) is 3. The van der Waals surface area contributed by atoms with E-state index in [1.807, 2.05) is 30.3 Å². The van der Waals surface area contributed by atoms with Gasteiger partial charge in [0.1, 0.15) is 5.76 Å². The second-order valence-electron chi connectivity index (χ2n) is 6.46. The Kier molecular flexibility index (Phi) is 5.43. The molecule has 0 unspecified atom stereocenters. The Morgan fingerprint density at radius 3 is 2.58 bits per heavy atom. The van der Waals surface area contributed by atoms with Gasteiger partial charge in [-0.15, -0.1) is 0 Å². The fourth-order valence-electron chi connectivity index (χ4n) is 3.03. The van der Waals surface area contributed by atoms with Gasteiger partial charge in [0.15, 0.2) is 0 Å². The van der Waals surface area contributed by atoms with Crippen molar-refractivity contribution in [3.8, 4) is 11.5 Å². The number of carbonyl (C=O) groups is 1. The molecule has 1 amide bonds. The van der Waals surface area contributed by atoms with Crippen molar-refractivity contribution >= 4 is 15.9 Å². The van der Waals surface area contributed by atoms with Crippen LogP contribution in [0, 0.1) is 6.92 Å². The molecule has 0 aliphatic carbocycles. The average molecular weight is 377 g/mol. The van der Waals surface area contributed by atoms with Crippen molar-refractivity contribution < 1.29 is 17.6 Å². The third-order valence-electron chi connectivity index (χ3n) is 4.51. The van der Waals surface area contributed by atoms with Crippen molar-refractivity contribution in [1.82, 2.24) is 14.2 Å². The molecule has 1 fully saturated rings. The Hall–Kier alpha value is -2.19. The van der Waals surface area contributed by atoms with Crippen LogP contribution < -0.4 is 0 Å². The van der Waals surface area contributed by atoms with E-state index < -0.39 is 10.0 Å². The highest BCUT2D eigenvalue weighted by Crippen LogP contribution is 2.22. The Balaban J connectivity index is 1.68. The molecule has 0 N–H and O–H groups in total. The van der Waals surface area contributed by atoms with E-state index in [-0.39, 0.29) is 12.3 Å². The van der Waals surface area contributed by atoms with Crippen molar-refractivity contribution in [1.29, 1.82) is 0 Å². The van der Waals surface area contributed by atoms with E-state index in [1.54, 1.807) is 11.8 Å². The van der Waals surface area contributed by atoms with E-state index in [0.717, 1.165) is 5.56 Å². The first-order valence-corrected chi connectivity index (χ1v) is 10.4. The smallest absolute Gasteiger partial charge is 0.228 e. The largest absolute Gasteiger partial charge is 0.441 e. The Labute approximate surface area is 153 Å². The monoisotopic (exact) mass is 377 g/mol. The predicted octanol–water partition coefficient (Wildman–Crippen LogP) is 1.69. The zero-order valence-corrected chi connectivity index (χ0v) is 15.8. The van der Waals surface area contributed by atoms with Gasteiger partial charge in [0.05, 0.1) is 18.4 Å². The fraction of sp³-hybridized carbons (Fsp3) is 0.444. The van der Waals surface area contributed by atoms with Crippen LogP contribution in [0.25, 0.3) is 11.5 Å². The van der Waals surface area contributed by atoms with Gasteiger partial charge in [0, 0.05) is 31.7 Å². The van der Waals surface area contributed by atoms with Crippen LogP contribution in [-0.4, -0.2) is 60.9 Å². The molecule has 0 bridgehead atoms. The summed E-state index contributed by atoms with van der Waals surface area (Å²) in [6.45, 7) is 3.53. The van der Waals surface area contributed by atoms with E-state index in [0.29, 0.717) is 49.9 Å². The zero-order valence-electron chi connectivity index (χ0n) is 15.0. The van der Waals surface area contributed by atoms with Gasteiger partial charge < -0.3 is 9.32 Å². The topological polar surface area (TPSA) is 83.7 Å². The lowest BCUT2D eigenvalue weighted by atomic mass is 10.2. The van der Waals surface area contributed by atoms with Crippen LogP contribution in [0.2, 0.25) is 0 Å². The van der Waals surface area contributed by atoms with Gasteiger partial charge in [-0.25, -0.2) is 17.7 Å². The lowest BCUT2D eigenvalue weighted by Crippen LogP contribution is -2.37. The van der Waals surface area contributed by atoms with Gasteiger partial charge in [0.2, 0.25) is 21.8 Å². The number of hydrogen-bond donors (Lipinski definition) is 0. The van der Waals surface area contributed by atoms with Crippen LogP contribution in [0.1, 0.15) is 17.9 Å². The quantitative estimate of drug-likeness (QED) is 0.810. The third kappa shape index (κ3) is 4.31. The van der Waals surface area contributed by atoms with Gasteiger partial charge in [-0.2, -0.15) is 0 Å². The lowest BCUT2D eigenvalue weighted by Gasteiger charge is -2.20. The molecule has 26 heavy (non-hydrogen) atoms. The third-order valence-corrected chi connectivity index (χ3v) is 5.81. The Morgan fingerprint density at radius 2 is 1.88 bits per heavy atom. The zero-order chi connectivity index (χ0) is 18.7. The van der Waals surface area contributed by atoms with Crippen LogP contribution in [0.5, 0.6) is 0 Å². The van der Waals surface area contributed by atoms with Gasteiger partial charge in [-0.05, 0) is 25.5 Å². The number of carbonyl (C=O) groups excluding carboxylic acids is 1. The standard InChI is InChI=1S/C18H23N3O4S/c1-14-16(19-18(25-14)15-7-4-3-5-8-15)13-17(22)20-9-6-10-21(12-11-20)26(2,23)24/h3-5,7-8H,6,9-13H2,1-2H3. The fourth-order valence-corrected chi connectivity index (χ4v) is 3.90. The molecule has 8 heteroatoms. The normalized spacial score (nSPS) is 16.5. The lowest BCUT2D eigenvalue weighted by molar-refractivity contribution is -0.130. The van der Waals surface area contributed by atoms with Crippen LogP contribution in [0.3, 0.4) is 0 Å². The number of aryl methyl sites for hydroxylation is 1. The summed E-state index contributed by atoms with van der Waals surface area (Å²) in [6.07, 6.45) is 1.99. The number of rotatable bonds is 4. The minimum absolute atomic E-state index is 0.0589. The average Bonchev–Trinajstić information content (AvgIpc) is 2.82. The van der Waals surface area contributed by atoms with Gasteiger partial charge in [0.25, 0.3) is 0 Å². The SMILES string of the molecule is Cc1oc(-c2ccccc2)nc1CC(=O)N1CCCN(S(C)(=O)=O)CC1. The summed E-state index contributed by atoms with van der Waals surface area (Å²) in [5.74, 6) is 1.08. The van der Waals surface area contributed by atoms with E-state index in [1.165, 1.54) is 10.6 Å². The Morgan fingerprint density at radius 1 is 1.15 bits per heavy atom. The highest BCUT2D eigenvalue weighted by Gasteiger charge is 2.25. The van der Waals surface area contributed by atoms with Crippen LogP contribution in [0.4, 0.5) is 0 Å². The first-order chi connectivity index (χ1) is 12.3. The van der Waals surface area contributed by atoms with Gasteiger partial charge >= 0.3 is 0 Å². The maximum absolute atomic E-state index is 12.7. The van der Waals surface area contributed by atoms with Crippen molar-refractivity contribution in [3.63, 3.8) is 0 Å². The molecule has 0 atom stereocenters. The molecule has 7 nitrogen and oxygen atoms in total. The molecule has 1 aromatic heterocycles. The molecule has 140 valence electrons. The van der Waals surface area contributed by atoms with E-state index >= 15 is 0 Å². The van der Waals surface area contributed by atoms with Crippen LogP contribution in [0.15, 0.2) is 34.7 Å². The number of hydrogen-bond acceptors (Lipinski definition) is 5. The molecule has 1 aliphatic rings. The van der Waals surface area contributed by atoms with Crippen molar-refractivity contribution in [2.75, 3.05) is 32.4 Å². The molecule has 2 heterocycles. The summed E-state index contributed by atoms with van der Waals surface area (Å²) in [4.78, 5) is 18.8. The maximum Gasteiger partial charge on any atom is 0.228 e. The second kappa shape index (κ2) is 7.59. The number of sulfonamides is 1. The molecular weight excluding hydrogens is 354 g/mol. The summed E-state index contributed by atoms with van der Waals surface area (Å²) >= 11 is 0. The highest BCUT2D eigenvalue weighted by atomic mass is 32.2. The summed E-state index contributed by atoms with van der Waals surface area (Å²) in [5.41, 5.74) is 1.49. The molecular formula is C18H23N3O4S. The molecule has 2 aromatic rings. The first-order valence-electron chi connectivity index (χ1n) is 8.59. The van der Waals surface area contributed by atoms with Crippen molar-refractivity contribution in [2.24, 2.45) is 0 Å². The number of aromatic nitrogens is 1. The van der Waals surface area contributed by atoms with Crippen molar-refractivity contribution in [3.05, 3.63) is 41.8 Å². The summed E-state index contributed by atoms with van der Waals surface area (Å²) in [6, 6.07) is 9.55. The molecule has 1 saturated heterocycles. The van der Waals surface area contributed by atoms with E-state index in [2.05, 4.69) is 4.98 Å². The number of oxazole rings is 1. The minimum atomic E-state index is -3.22. The molecule has 1 aliphatic heterocycles.